The van der Waals surface area contributed by atoms with E-state index in [1.807, 2.05) is 0 Å². The lowest BCUT2D eigenvalue weighted by atomic mass is 10.0. The van der Waals surface area contributed by atoms with Gasteiger partial charge < -0.3 is 5.32 Å². The lowest BCUT2D eigenvalue weighted by molar-refractivity contribution is 0.398. The van der Waals surface area contributed by atoms with E-state index in [1.54, 1.807) is 6.92 Å². The second kappa shape index (κ2) is 6.18. The first-order valence-corrected chi connectivity index (χ1v) is 8.59. The Balaban J connectivity index is 1.91. The number of sulfone groups is 1. The average molecular weight is 303 g/mol. The van der Waals surface area contributed by atoms with Crippen LogP contribution in [0.5, 0.6) is 0 Å². The van der Waals surface area contributed by atoms with Gasteiger partial charge in [0.15, 0.2) is 0 Å². The highest BCUT2D eigenvalue weighted by Gasteiger charge is 2.24. The standard InChI is InChI=1S/C14H19F2NO2S/c1-10(14-12(15)3-2-4-13(14)16)17-9-11-5-7-20(18,19)8-6-11/h2-4,10-11,17H,5-9H2,1H3. The van der Waals surface area contributed by atoms with Gasteiger partial charge in [-0.3, -0.25) is 0 Å². The molecule has 1 fully saturated rings. The molecule has 0 radical (unpaired) electrons. The molecule has 20 heavy (non-hydrogen) atoms. The summed E-state index contributed by atoms with van der Waals surface area (Å²) in [5.74, 6) is -0.452. The zero-order valence-corrected chi connectivity index (χ0v) is 12.2. The Morgan fingerprint density at radius 2 is 1.80 bits per heavy atom. The van der Waals surface area contributed by atoms with Crippen LogP contribution in [0.3, 0.4) is 0 Å². The average Bonchev–Trinajstić information content (AvgIpc) is 2.37. The van der Waals surface area contributed by atoms with E-state index in [1.165, 1.54) is 18.2 Å². The Morgan fingerprint density at radius 3 is 2.35 bits per heavy atom. The topological polar surface area (TPSA) is 46.2 Å². The smallest absolute Gasteiger partial charge is 0.150 e. The van der Waals surface area contributed by atoms with Crippen LogP contribution < -0.4 is 5.32 Å². The van der Waals surface area contributed by atoms with Crippen LogP contribution in [0.2, 0.25) is 0 Å². The third-order valence-corrected chi connectivity index (χ3v) is 5.54. The number of halogens is 2. The van der Waals surface area contributed by atoms with Crippen molar-refractivity contribution in [2.24, 2.45) is 5.92 Å². The molecule has 1 N–H and O–H groups in total. The number of benzene rings is 1. The van der Waals surface area contributed by atoms with Gasteiger partial charge in [0.2, 0.25) is 0 Å². The maximum Gasteiger partial charge on any atom is 0.150 e. The first-order chi connectivity index (χ1) is 9.39. The van der Waals surface area contributed by atoms with Crippen LogP contribution in [-0.4, -0.2) is 26.5 Å². The minimum atomic E-state index is -2.87. The van der Waals surface area contributed by atoms with Crippen LogP contribution in [0, 0.1) is 17.6 Å². The van der Waals surface area contributed by atoms with Crippen molar-refractivity contribution in [3.05, 3.63) is 35.4 Å². The summed E-state index contributed by atoms with van der Waals surface area (Å²) in [6, 6.07) is 3.38. The maximum atomic E-state index is 13.6. The number of hydrogen-bond donors (Lipinski definition) is 1. The van der Waals surface area contributed by atoms with Gasteiger partial charge in [-0.25, -0.2) is 17.2 Å². The van der Waals surface area contributed by atoms with E-state index in [0.717, 1.165) is 0 Å². The van der Waals surface area contributed by atoms with Crippen molar-refractivity contribution < 1.29 is 17.2 Å². The van der Waals surface area contributed by atoms with E-state index >= 15 is 0 Å². The minimum absolute atomic E-state index is 0.0379. The van der Waals surface area contributed by atoms with Crippen LogP contribution >= 0.6 is 0 Å². The molecule has 1 aliphatic heterocycles. The molecule has 0 spiro atoms. The second-order valence-electron chi connectivity index (χ2n) is 5.36. The third-order valence-electron chi connectivity index (χ3n) is 3.82. The maximum absolute atomic E-state index is 13.6. The van der Waals surface area contributed by atoms with Gasteiger partial charge in [-0.15, -0.1) is 0 Å². The Labute approximate surface area is 118 Å². The summed E-state index contributed by atoms with van der Waals surface area (Å²) in [6.45, 7) is 2.28. The SMILES string of the molecule is CC(NCC1CCS(=O)(=O)CC1)c1c(F)cccc1F. The summed E-state index contributed by atoms with van der Waals surface area (Å²) in [5.41, 5.74) is 0.0379. The molecule has 0 aliphatic carbocycles. The van der Waals surface area contributed by atoms with E-state index in [4.69, 9.17) is 0 Å². The van der Waals surface area contributed by atoms with Gasteiger partial charge in [0.25, 0.3) is 0 Å². The Hall–Kier alpha value is -1.01. The summed E-state index contributed by atoms with van der Waals surface area (Å²) >= 11 is 0. The molecule has 2 rings (SSSR count). The van der Waals surface area contributed by atoms with Crippen LogP contribution in [0.25, 0.3) is 0 Å². The van der Waals surface area contributed by atoms with Gasteiger partial charge >= 0.3 is 0 Å². The molecule has 1 atom stereocenters. The predicted octanol–water partition coefficient (Wildman–Crippen LogP) is 2.44. The van der Waals surface area contributed by atoms with Crippen LogP contribution in [0.15, 0.2) is 18.2 Å². The first-order valence-electron chi connectivity index (χ1n) is 6.77. The summed E-state index contributed by atoms with van der Waals surface area (Å²) in [6.07, 6.45) is 1.23. The van der Waals surface area contributed by atoms with Gasteiger partial charge in [0.05, 0.1) is 11.5 Å². The van der Waals surface area contributed by atoms with E-state index in [2.05, 4.69) is 5.32 Å². The Morgan fingerprint density at radius 1 is 1.25 bits per heavy atom. The fourth-order valence-electron chi connectivity index (χ4n) is 2.51. The van der Waals surface area contributed by atoms with Gasteiger partial charge in [-0.05, 0) is 44.4 Å². The first kappa shape index (κ1) is 15.4. The molecule has 112 valence electrons. The Kier molecular flexibility index (Phi) is 4.75. The van der Waals surface area contributed by atoms with Gasteiger partial charge in [-0.2, -0.15) is 0 Å². The highest BCUT2D eigenvalue weighted by atomic mass is 32.2. The molecule has 0 amide bonds. The van der Waals surface area contributed by atoms with Crippen LogP contribution in [0.4, 0.5) is 8.78 Å². The molecule has 1 aliphatic rings. The molecule has 0 saturated carbocycles. The van der Waals surface area contributed by atoms with Crippen LogP contribution in [-0.2, 0) is 9.84 Å². The van der Waals surface area contributed by atoms with E-state index in [0.29, 0.717) is 19.4 Å². The molecule has 1 aromatic carbocycles. The monoisotopic (exact) mass is 303 g/mol. The van der Waals surface area contributed by atoms with E-state index in [9.17, 15) is 17.2 Å². The number of hydrogen-bond acceptors (Lipinski definition) is 3. The third kappa shape index (κ3) is 3.76. The van der Waals surface area contributed by atoms with Gasteiger partial charge in [0.1, 0.15) is 21.5 Å². The van der Waals surface area contributed by atoms with Crippen molar-refractivity contribution in [3.8, 4) is 0 Å². The Bertz CT molecular complexity index is 540. The predicted molar refractivity (Wildman–Crippen MR) is 74.2 cm³/mol. The lowest BCUT2D eigenvalue weighted by Gasteiger charge is -2.24. The van der Waals surface area contributed by atoms with Crippen molar-refractivity contribution >= 4 is 9.84 Å². The minimum Gasteiger partial charge on any atom is -0.310 e. The molecule has 1 unspecified atom stereocenters. The molecular weight excluding hydrogens is 284 g/mol. The van der Waals surface area contributed by atoms with Crippen molar-refractivity contribution in [1.82, 2.24) is 5.32 Å². The van der Waals surface area contributed by atoms with Crippen molar-refractivity contribution in [3.63, 3.8) is 0 Å². The fourth-order valence-corrected chi connectivity index (χ4v) is 4.10. The molecule has 1 heterocycles. The zero-order valence-electron chi connectivity index (χ0n) is 11.4. The highest BCUT2D eigenvalue weighted by molar-refractivity contribution is 7.91. The molecule has 1 saturated heterocycles. The molecule has 0 bridgehead atoms. The summed E-state index contributed by atoms with van der Waals surface area (Å²) in [5, 5.41) is 3.10. The molecule has 6 heteroatoms. The largest absolute Gasteiger partial charge is 0.310 e. The normalized spacial score (nSPS) is 20.8. The van der Waals surface area contributed by atoms with Crippen LogP contribution in [0.1, 0.15) is 31.4 Å². The molecule has 0 aromatic heterocycles. The van der Waals surface area contributed by atoms with Crippen molar-refractivity contribution in [2.75, 3.05) is 18.1 Å². The zero-order chi connectivity index (χ0) is 14.8. The summed E-state index contributed by atoms with van der Waals surface area (Å²) < 4.78 is 49.9. The highest BCUT2D eigenvalue weighted by Crippen LogP contribution is 2.22. The summed E-state index contributed by atoms with van der Waals surface area (Å²) in [7, 11) is -2.87. The number of nitrogens with one attached hydrogen (secondary N) is 1. The molecular formula is C14H19F2NO2S. The van der Waals surface area contributed by atoms with Crippen molar-refractivity contribution in [1.29, 1.82) is 0 Å². The lowest BCUT2D eigenvalue weighted by Crippen LogP contribution is -2.32. The molecule has 3 nitrogen and oxygen atoms in total. The van der Waals surface area contributed by atoms with Gasteiger partial charge in [-0.1, -0.05) is 6.07 Å². The molecule has 1 aromatic rings. The van der Waals surface area contributed by atoms with Gasteiger partial charge in [0, 0.05) is 11.6 Å². The fraction of sp³-hybridized carbons (Fsp3) is 0.571. The van der Waals surface area contributed by atoms with E-state index in [-0.39, 0.29) is 23.0 Å². The summed E-state index contributed by atoms with van der Waals surface area (Å²) in [4.78, 5) is 0. The van der Waals surface area contributed by atoms with E-state index < -0.39 is 27.5 Å². The number of rotatable bonds is 4. The van der Waals surface area contributed by atoms with Crippen molar-refractivity contribution in [2.45, 2.75) is 25.8 Å². The quantitative estimate of drug-likeness (QED) is 0.929. The second-order valence-corrected chi connectivity index (χ2v) is 7.66.